The van der Waals surface area contributed by atoms with E-state index in [0.717, 1.165) is 5.56 Å². The molecule has 24 heavy (non-hydrogen) atoms. The molecule has 0 aliphatic rings. The molecule has 0 spiro atoms. The van der Waals surface area contributed by atoms with Crippen LogP contribution in [-0.4, -0.2) is 23.0 Å². The lowest BCUT2D eigenvalue weighted by Crippen LogP contribution is -2.12. The fraction of sp³-hybridized carbons (Fsp3) is 0.167. The Morgan fingerprint density at radius 2 is 1.79 bits per heavy atom. The van der Waals surface area contributed by atoms with E-state index < -0.39 is 11.9 Å². The van der Waals surface area contributed by atoms with E-state index in [0.29, 0.717) is 23.4 Å². The number of benzene rings is 2. The molecular formula is C18H17NO5. The molecule has 6 heteroatoms. The Labute approximate surface area is 139 Å². The Bertz CT molecular complexity index is 752. The normalized spacial score (nSPS) is 10.0. The lowest BCUT2D eigenvalue weighted by Gasteiger charge is -2.08. The third kappa shape index (κ3) is 5.24. The van der Waals surface area contributed by atoms with Gasteiger partial charge in [-0.15, -0.1) is 0 Å². The predicted octanol–water partition coefficient (Wildman–Crippen LogP) is 2.88. The Hall–Kier alpha value is -3.15. The molecule has 6 nitrogen and oxygen atoms in total. The maximum Gasteiger partial charge on any atom is 0.308 e. The van der Waals surface area contributed by atoms with Crippen LogP contribution in [0.2, 0.25) is 0 Å². The van der Waals surface area contributed by atoms with E-state index in [2.05, 4.69) is 5.32 Å². The second kappa shape index (κ2) is 7.92. The largest absolute Gasteiger partial charge is 0.481 e. The van der Waals surface area contributed by atoms with E-state index in [9.17, 15) is 14.4 Å². The first-order chi connectivity index (χ1) is 11.4. The van der Waals surface area contributed by atoms with Crippen LogP contribution in [0.25, 0.3) is 0 Å². The Morgan fingerprint density at radius 1 is 1.08 bits per heavy atom. The van der Waals surface area contributed by atoms with E-state index in [1.54, 1.807) is 42.5 Å². The summed E-state index contributed by atoms with van der Waals surface area (Å²) in [7, 11) is 0. The fourth-order valence-corrected chi connectivity index (χ4v) is 2.08. The Morgan fingerprint density at radius 3 is 2.42 bits per heavy atom. The van der Waals surface area contributed by atoms with Gasteiger partial charge in [-0.1, -0.05) is 18.2 Å². The average molecular weight is 327 g/mol. The summed E-state index contributed by atoms with van der Waals surface area (Å²) in [5.41, 5.74) is 1.84. The number of hydrogen-bond acceptors (Lipinski definition) is 4. The lowest BCUT2D eigenvalue weighted by atomic mass is 10.1. The number of anilines is 1. The van der Waals surface area contributed by atoms with Crippen molar-refractivity contribution in [3.63, 3.8) is 0 Å². The number of ether oxygens (including phenoxy) is 1. The van der Waals surface area contributed by atoms with Crippen molar-refractivity contribution >= 4 is 23.5 Å². The van der Waals surface area contributed by atoms with E-state index in [-0.39, 0.29) is 12.3 Å². The maximum absolute atomic E-state index is 12.2. The molecule has 2 aromatic carbocycles. The van der Waals surface area contributed by atoms with E-state index in [1.807, 2.05) is 0 Å². The van der Waals surface area contributed by atoms with Crippen molar-refractivity contribution in [2.24, 2.45) is 0 Å². The van der Waals surface area contributed by atoms with Crippen molar-refractivity contribution in [2.45, 2.75) is 19.8 Å². The highest BCUT2D eigenvalue weighted by Crippen LogP contribution is 2.16. The second-order valence-electron chi connectivity index (χ2n) is 5.17. The fourth-order valence-electron chi connectivity index (χ4n) is 2.08. The molecule has 1 amide bonds. The highest BCUT2D eigenvalue weighted by Gasteiger charge is 2.08. The van der Waals surface area contributed by atoms with Crippen molar-refractivity contribution < 1.29 is 24.2 Å². The molecule has 0 aromatic heterocycles. The summed E-state index contributed by atoms with van der Waals surface area (Å²) in [6, 6.07) is 13.3. The number of carbonyl (C=O) groups excluding carboxylic acids is 2. The second-order valence-corrected chi connectivity index (χ2v) is 5.17. The molecule has 0 bridgehead atoms. The molecule has 2 aromatic rings. The van der Waals surface area contributed by atoms with Gasteiger partial charge in [-0.05, 0) is 42.3 Å². The van der Waals surface area contributed by atoms with Gasteiger partial charge in [0.1, 0.15) is 5.75 Å². The molecule has 0 heterocycles. The first-order valence-corrected chi connectivity index (χ1v) is 7.34. The van der Waals surface area contributed by atoms with Gasteiger partial charge in [-0.2, -0.15) is 0 Å². The van der Waals surface area contributed by atoms with Gasteiger partial charge in [0.05, 0.1) is 0 Å². The molecule has 0 aliphatic carbocycles. The molecule has 0 aliphatic heterocycles. The maximum atomic E-state index is 12.2. The van der Waals surface area contributed by atoms with E-state index in [4.69, 9.17) is 9.84 Å². The minimum atomic E-state index is -0.847. The van der Waals surface area contributed by atoms with Crippen LogP contribution in [0.1, 0.15) is 29.3 Å². The minimum Gasteiger partial charge on any atom is -0.481 e. The summed E-state index contributed by atoms with van der Waals surface area (Å²) in [4.78, 5) is 33.7. The van der Waals surface area contributed by atoms with Crippen LogP contribution in [0, 0.1) is 0 Å². The molecule has 0 radical (unpaired) electrons. The van der Waals surface area contributed by atoms with Crippen molar-refractivity contribution in [1.29, 1.82) is 0 Å². The van der Waals surface area contributed by atoms with E-state index >= 15 is 0 Å². The third-order valence-corrected chi connectivity index (χ3v) is 3.20. The molecule has 0 saturated carbocycles. The summed E-state index contributed by atoms with van der Waals surface area (Å²) in [6.07, 6.45) is 0.503. The van der Waals surface area contributed by atoms with Gasteiger partial charge in [0.15, 0.2) is 0 Å². The number of carboxylic acid groups (broad SMARTS) is 1. The van der Waals surface area contributed by atoms with Crippen LogP contribution in [0.15, 0.2) is 48.5 Å². The number of esters is 1. The molecule has 2 N–H and O–H groups in total. The zero-order valence-corrected chi connectivity index (χ0v) is 13.1. The molecular weight excluding hydrogens is 310 g/mol. The first-order valence-electron chi connectivity index (χ1n) is 7.34. The quantitative estimate of drug-likeness (QED) is 0.628. The third-order valence-electron chi connectivity index (χ3n) is 3.20. The first kappa shape index (κ1) is 17.2. The molecule has 0 saturated heterocycles. The number of rotatable bonds is 6. The molecule has 124 valence electrons. The Balaban J connectivity index is 2.01. The molecule has 0 fully saturated rings. The number of aryl methyl sites for hydroxylation is 1. The number of carboxylic acids is 1. The summed E-state index contributed by atoms with van der Waals surface area (Å²) in [5.74, 6) is -1.33. The minimum absolute atomic E-state index is 0.0641. The summed E-state index contributed by atoms with van der Waals surface area (Å²) < 4.78 is 4.95. The molecule has 0 unspecified atom stereocenters. The van der Waals surface area contributed by atoms with Gasteiger partial charge in [-0.3, -0.25) is 14.4 Å². The monoisotopic (exact) mass is 327 g/mol. The summed E-state index contributed by atoms with van der Waals surface area (Å²) in [5, 5.41) is 11.4. The van der Waals surface area contributed by atoms with Crippen LogP contribution >= 0.6 is 0 Å². The van der Waals surface area contributed by atoms with Crippen LogP contribution in [0.5, 0.6) is 5.75 Å². The van der Waals surface area contributed by atoms with Gasteiger partial charge in [0, 0.05) is 24.6 Å². The van der Waals surface area contributed by atoms with Gasteiger partial charge in [0.25, 0.3) is 5.91 Å². The average Bonchev–Trinajstić information content (AvgIpc) is 2.53. The highest BCUT2D eigenvalue weighted by atomic mass is 16.5. The number of amides is 1. The number of aliphatic carboxylic acids is 1. The Kier molecular flexibility index (Phi) is 5.68. The summed E-state index contributed by atoms with van der Waals surface area (Å²) in [6.45, 7) is 1.29. The zero-order valence-electron chi connectivity index (χ0n) is 13.1. The number of nitrogens with one attached hydrogen (secondary N) is 1. The number of carbonyl (C=O) groups is 3. The molecule has 2 rings (SSSR count). The van der Waals surface area contributed by atoms with Gasteiger partial charge in [-0.25, -0.2) is 0 Å². The molecule has 0 atom stereocenters. The summed E-state index contributed by atoms with van der Waals surface area (Å²) >= 11 is 0. The van der Waals surface area contributed by atoms with Gasteiger partial charge in [0.2, 0.25) is 0 Å². The van der Waals surface area contributed by atoms with Crippen molar-refractivity contribution in [2.75, 3.05) is 5.32 Å². The van der Waals surface area contributed by atoms with Crippen LogP contribution in [0.3, 0.4) is 0 Å². The van der Waals surface area contributed by atoms with Crippen LogP contribution in [-0.2, 0) is 16.0 Å². The number of hydrogen-bond donors (Lipinski definition) is 2. The topological polar surface area (TPSA) is 92.7 Å². The van der Waals surface area contributed by atoms with Gasteiger partial charge >= 0.3 is 11.9 Å². The van der Waals surface area contributed by atoms with Crippen molar-refractivity contribution in [3.8, 4) is 5.75 Å². The standard InChI is InChI=1S/C18H17NO5/c1-12(20)24-16-4-2-3-14(11-16)18(23)19-15-8-5-13(6-9-15)7-10-17(21)22/h2-6,8-9,11H,7,10H2,1H3,(H,19,23)(H,21,22). The lowest BCUT2D eigenvalue weighted by molar-refractivity contribution is -0.137. The van der Waals surface area contributed by atoms with Gasteiger partial charge < -0.3 is 15.2 Å². The van der Waals surface area contributed by atoms with Crippen molar-refractivity contribution in [1.82, 2.24) is 0 Å². The SMILES string of the molecule is CC(=O)Oc1cccc(C(=O)Nc2ccc(CCC(=O)O)cc2)c1. The van der Waals surface area contributed by atoms with Crippen LogP contribution < -0.4 is 10.1 Å². The van der Waals surface area contributed by atoms with E-state index in [1.165, 1.54) is 13.0 Å². The highest BCUT2D eigenvalue weighted by molar-refractivity contribution is 6.04. The van der Waals surface area contributed by atoms with Crippen LogP contribution in [0.4, 0.5) is 5.69 Å². The smallest absolute Gasteiger partial charge is 0.308 e. The zero-order chi connectivity index (χ0) is 17.5. The van der Waals surface area contributed by atoms with Crippen molar-refractivity contribution in [3.05, 3.63) is 59.7 Å². The predicted molar refractivity (Wildman–Crippen MR) is 88.1 cm³/mol.